The second-order valence-electron chi connectivity index (χ2n) is 8.96. The minimum atomic E-state index is -0.246. The predicted molar refractivity (Wildman–Crippen MR) is 137 cm³/mol. The Morgan fingerprint density at radius 1 is 1.11 bits per heavy atom. The van der Waals surface area contributed by atoms with Crippen molar-refractivity contribution >= 4 is 11.8 Å². The fraction of sp³-hybridized carbons (Fsp3) is 0.462. The number of aryl methyl sites for hydroxylation is 2. The highest BCUT2D eigenvalue weighted by atomic mass is 19.1. The number of benzene rings is 1. The van der Waals surface area contributed by atoms with Gasteiger partial charge >= 0.3 is 0 Å². The number of nitrogens with zero attached hydrogens (tertiary/aromatic N) is 6. The van der Waals surface area contributed by atoms with Gasteiger partial charge in [-0.05, 0) is 64.4 Å². The molecule has 2 aromatic heterocycles. The van der Waals surface area contributed by atoms with E-state index in [0.717, 1.165) is 78.9 Å². The van der Waals surface area contributed by atoms with Crippen molar-refractivity contribution in [1.29, 1.82) is 0 Å². The van der Waals surface area contributed by atoms with Crippen molar-refractivity contribution in [2.75, 3.05) is 50.1 Å². The summed E-state index contributed by atoms with van der Waals surface area (Å²) in [4.78, 5) is 14.0. The van der Waals surface area contributed by atoms with E-state index in [-0.39, 0.29) is 5.82 Å². The fourth-order valence-corrected chi connectivity index (χ4v) is 4.54. The summed E-state index contributed by atoms with van der Waals surface area (Å²) in [6.07, 6.45) is 4.53. The number of aromatic nitrogens is 4. The molecule has 1 aliphatic heterocycles. The number of hydrogen-bond acceptors (Lipinski definition) is 8. The predicted octanol–water partition coefficient (Wildman–Crippen LogP) is 3.78. The Kier molecular flexibility index (Phi) is 8.07. The number of piperidine rings is 1. The smallest absolute Gasteiger partial charge is 0.225 e. The summed E-state index contributed by atoms with van der Waals surface area (Å²) in [7, 11) is 4.00. The van der Waals surface area contributed by atoms with Gasteiger partial charge in [-0.2, -0.15) is 5.10 Å². The van der Waals surface area contributed by atoms with Crippen LogP contribution in [0.2, 0.25) is 0 Å². The molecule has 186 valence electrons. The molecule has 4 rings (SSSR count). The topological polar surface area (TPSA) is 79.3 Å². The minimum absolute atomic E-state index is 0.246. The lowest BCUT2D eigenvalue weighted by Gasteiger charge is -2.37. The number of nitrogens with one attached hydrogen (secondary N) is 1. The Hall–Kier alpha value is -3.33. The zero-order valence-corrected chi connectivity index (χ0v) is 21.0. The minimum Gasteiger partial charge on any atom is -0.492 e. The van der Waals surface area contributed by atoms with Gasteiger partial charge in [0.2, 0.25) is 5.95 Å². The van der Waals surface area contributed by atoms with E-state index in [1.807, 2.05) is 27.0 Å². The molecule has 0 saturated carbocycles. The zero-order chi connectivity index (χ0) is 24.8. The molecule has 0 amide bonds. The monoisotopic (exact) mass is 479 g/mol. The Morgan fingerprint density at radius 2 is 1.80 bits per heavy atom. The third-order valence-electron chi connectivity index (χ3n) is 6.50. The molecule has 1 saturated heterocycles. The van der Waals surface area contributed by atoms with Crippen molar-refractivity contribution in [3.8, 4) is 16.9 Å². The van der Waals surface area contributed by atoms with Crippen LogP contribution in [-0.4, -0.2) is 66.5 Å². The molecule has 0 radical (unpaired) electrons. The van der Waals surface area contributed by atoms with Crippen LogP contribution < -0.4 is 19.9 Å². The first-order valence-corrected chi connectivity index (χ1v) is 12.2. The third-order valence-corrected chi connectivity index (χ3v) is 6.50. The average Bonchev–Trinajstić information content (AvgIpc) is 2.87. The highest BCUT2D eigenvalue weighted by Crippen LogP contribution is 2.29. The van der Waals surface area contributed by atoms with Crippen LogP contribution in [0.25, 0.3) is 11.1 Å². The Labute approximate surface area is 206 Å². The van der Waals surface area contributed by atoms with Crippen LogP contribution in [0, 0.1) is 19.7 Å². The van der Waals surface area contributed by atoms with E-state index in [1.54, 1.807) is 18.3 Å². The van der Waals surface area contributed by atoms with E-state index >= 15 is 0 Å². The van der Waals surface area contributed by atoms with Crippen LogP contribution >= 0.6 is 0 Å². The maximum Gasteiger partial charge on any atom is 0.225 e. The molecule has 9 heteroatoms. The van der Waals surface area contributed by atoms with Crippen LogP contribution in [0.15, 0.2) is 36.5 Å². The number of hydrogen-bond donors (Lipinski definition) is 1. The van der Waals surface area contributed by atoms with Gasteiger partial charge in [0.05, 0.1) is 24.2 Å². The van der Waals surface area contributed by atoms with Gasteiger partial charge in [0, 0.05) is 37.8 Å². The average molecular weight is 480 g/mol. The van der Waals surface area contributed by atoms with Gasteiger partial charge in [-0.25, -0.2) is 14.4 Å². The second-order valence-corrected chi connectivity index (χ2v) is 8.96. The number of rotatable bonds is 9. The molecule has 35 heavy (non-hydrogen) atoms. The zero-order valence-electron chi connectivity index (χ0n) is 21.0. The maximum absolute atomic E-state index is 13.3. The van der Waals surface area contributed by atoms with Gasteiger partial charge in [-0.15, -0.1) is 5.10 Å². The molecule has 8 nitrogen and oxygen atoms in total. The Bertz CT molecular complexity index is 1090. The summed E-state index contributed by atoms with van der Waals surface area (Å²) in [5.41, 5.74) is 3.71. The first-order chi connectivity index (χ1) is 17.0. The number of halogens is 1. The molecule has 3 heterocycles. The molecule has 0 unspecified atom stereocenters. The van der Waals surface area contributed by atoms with E-state index in [0.29, 0.717) is 12.6 Å². The number of ether oxygens (including phenoxy) is 1. The molecule has 3 aromatic rings. The van der Waals surface area contributed by atoms with E-state index in [2.05, 4.69) is 32.4 Å². The summed E-state index contributed by atoms with van der Waals surface area (Å²) in [5.74, 6) is 2.07. The van der Waals surface area contributed by atoms with Gasteiger partial charge in [0.15, 0.2) is 5.82 Å². The van der Waals surface area contributed by atoms with E-state index in [9.17, 15) is 4.39 Å². The van der Waals surface area contributed by atoms with Gasteiger partial charge in [0.25, 0.3) is 0 Å². The maximum atomic E-state index is 13.3. The summed E-state index contributed by atoms with van der Waals surface area (Å²) in [6, 6.07) is 8.81. The largest absolute Gasteiger partial charge is 0.492 e. The Balaban J connectivity index is 1.38. The molecule has 0 aliphatic carbocycles. The van der Waals surface area contributed by atoms with Crippen LogP contribution in [0.3, 0.4) is 0 Å². The molecule has 1 fully saturated rings. The lowest BCUT2D eigenvalue weighted by Crippen LogP contribution is -2.44. The normalized spacial score (nSPS) is 14.3. The second kappa shape index (κ2) is 11.4. The first kappa shape index (κ1) is 24.8. The van der Waals surface area contributed by atoms with Crippen LogP contribution in [-0.2, 0) is 0 Å². The SMILES string of the molecule is CNCCCOc1cnnc(N(C)C2CCN(c3nc(C)c(-c4ccc(F)cc4)c(C)n3)CC2)c1. The summed E-state index contributed by atoms with van der Waals surface area (Å²) in [5, 5.41) is 11.6. The van der Waals surface area contributed by atoms with Crippen molar-refractivity contribution in [3.63, 3.8) is 0 Å². The lowest BCUT2D eigenvalue weighted by atomic mass is 10.0. The van der Waals surface area contributed by atoms with Gasteiger partial charge in [-0.3, -0.25) is 0 Å². The molecule has 1 aliphatic rings. The van der Waals surface area contributed by atoms with Crippen LogP contribution in [0.5, 0.6) is 5.75 Å². The molecule has 1 N–H and O–H groups in total. The van der Waals surface area contributed by atoms with E-state index in [1.165, 1.54) is 12.1 Å². The van der Waals surface area contributed by atoms with E-state index < -0.39 is 0 Å². The van der Waals surface area contributed by atoms with E-state index in [4.69, 9.17) is 14.7 Å². The van der Waals surface area contributed by atoms with Crippen molar-refractivity contribution in [3.05, 3.63) is 53.7 Å². The van der Waals surface area contributed by atoms with Crippen molar-refractivity contribution < 1.29 is 9.13 Å². The third kappa shape index (κ3) is 6.03. The van der Waals surface area contributed by atoms with Gasteiger partial charge < -0.3 is 19.9 Å². The molecule has 0 atom stereocenters. The molecule has 1 aromatic carbocycles. The summed E-state index contributed by atoms with van der Waals surface area (Å²) < 4.78 is 19.2. The lowest BCUT2D eigenvalue weighted by molar-refractivity contribution is 0.308. The summed E-state index contributed by atoms with van der Waals surface area (Å²) >= 11 is 0. The standard InChI is InChI=1S/C26H34FN7O/c1-18-25(20-6-8-21(27)9-7-20)19(2)31-26(30-18)34-13-10-22(11-14-34)33(4)24-16-23(17-29-32-24)35-15-5-12-28-3/h6-9,16-17,22,28H,5,10-15H2,1-4H3. The molecule has 0 spiro atoms. The van der Waals surface area contributed by atoms with Gasteiger partial charge in [-0.1, -0.05) is 12.1 Å². The molecule has 0 bridgehead atoms. The van der Waals surface area contributed by atoms with Crippen molar-refractivity contribution in [2.24, 2.45) is 0 Å². The van der Waals surface area contributed by atoms with Crippen LogP contribution in [0.4, 0.5) is 16.2 Å². The quantitative estimate of drug-likeness (QED) is 0.465. The highest BCUT2D eigenvalue weighted by molar-refractivity contribution is 5.68. The molecular weight excluding hydrogens is 445 g/mol. The number of anilines is 2. The molecular formula is C26H34FN7O. The Morgan fingerprint density at radius 3 is 2.46 bits per heavy atom. The van der Waals surface area contributed by atoms with Crippen molar-refractivity contribution in [2.45, 2.75) is 39.2 Å². The van der Waals surface area contributed by atoms with Crippen LogP contribution in [0.1, 0.15) is 30.7 Å². The fourth-order valence-electron chi connectivity index (χ4n) is 4.54. The first-order valence-electron chi connectivity index (χ1n) is 12.2. The van der Waals surface area contributed by atoms with Gasteiger partial charge in [0.1, 0.15) is 11.6 Å². The highest BCUT2D eigenvalue weighted by Gasteiger charge is 2.26. The van der Waals surface area contributed by atoms with Crippen molar-refractivity contribution in [1.82, 2.24) is 25.5 Å². The summed E-state index contributed by atoms with van der Waals surface area (Å²) in [6.45, 7) is 7.26.